The summed E-state index contributed by atoms with van der Waals surface area (Å²) >= 11 is 12.6. The molecule has 8 heteroatoms. The van der Waals surface area contributed by atoms with Crippen LogP contribution in [0.15, 0.2) is 47.3 Å². The zero-order chi connectivity index (χ0) is 20.4. The van der Waals surface area contributed by atoms with E-state index < -0.39 is 0 Å². The molecular weight excluding hydrogens is 413 g/mol. The molecule has 2 aromatic carbocycles. The molecule has 1 fully saturated rings. The molecule has 6 nitrogen and oxygen atoms in total. The molecule has 1 amide bonds. The van der Waals surface area contributed by atoms with Gasteiger partial charge in [0.25, 0.3) is 11.5 Å². The Hall–Kier alpha value is -2.41. The Morgan fingerprint density at radius 2 is 1.86 bits per heavy atom. The van der Waals surface area contributed by atoms with Crippen LogP contribution in [0.3, 0.4) is 0 Å². The first kappa shape index (κ1) is 19.9. The highest BCUT2D eigenvalue weighted by Gasteiger charge is 2.36. The molecule has 3 aromatic rings. The van der Waals surface area contributed by atoms with Crippen LogP contribution >= 0.6 is 23.2 Å². The van der Waals surface area contributed by atoms with Crippen molar-refractivity contribution in [2.45, 2.75) is 18.3 Å². The van der Waals surface area contributed by atoms with Crippen molar-refractivity contribution >= 4 is 39.9 Å². The number of hydrogen-bond acceptors (Lipinski definition) is 4. The Morgan fingerprint density at radius 1 is 1.14 bits per heavy atom. The highest BCUT2D eigenvalue weighted by Crippen LogP contribution is 2.39. The fourth-order valence-corrected chi connectivity index (χ4v) is 4.45. The van der Waals surface area contributed by atoms with Gasteiger partial charge in [-0.1, -0.05) is 47.5 Å². The number of rotatable bonds is 4. The molecule has 29 heavy (non-hydrogen) atoms. The van der Waals surface area contributed by atoms with E-state index in [0.29, 0.717) is 53.4 Å². The average Bonchev–Trinajstić information content (AvgIpc) is 2.73. The molecule has 0 atom stereocenters. The largest absolute Gasteiger partial charge is 0.381 e. The molecular formula is C21H19Cl2N3O3. The third-order valence-electron chi connectivity index (χ3n) is 5.45. The summed E-state index contributed by atoms with van der Waals surface area (Å²) in [4.78, 5) is 24.9. The van der Waals surface area contributed by atoms with Crippen LogP contribution < -0.4 is 10.9 Å². The summed E-state index contributed by atoms with van der Waals surface area (Å²) in [5.74, 6) is -0.353. The van der Waals surface area contributed by atoms with Gasteiger partial charge in [-0.25, -0.2) is 5.10 Å². The van der Waals surface area contributed by atoms with Gasteiger partial charge in [0.1, 0.15) is 0 Å². The van der Waals surface area contributed by atoms with Crippen molar-refractivity contribution in [1.82, 2.24) is 15.5 Å². The second kappa shape index (κ2) is 8.14. The van der Waals surface area contributed by atoms with E-state index in [1.54, 1.807) is 36.4 Å². The molecule has 1 saturated heterocycles. The number of carbonyl (C=O) groups excluding carboxylic acids is 1. The van der Waals surface area contributed by atoms with E-state index in [4.69, 9.17) is 27.9 Å². The van der Waals surface area contributed by atoms with Gasteiger partial charge >= 0.3 is 0 Å². The van der Waals surface area contributed by atoms with E-state index in [9.17, 15) is 9.59 Å². The van der Waals surface area contributed by atoms with Crippen LogP contribution in [0.2, 0.25) is 10.0 Å². The number of hydrogen-bond donors (Lipinski definition) is 2. The van der Waals surface area contributed by atoms with Crippen LogP contribution in [0.25, 0.3) is 10.8 Å². The quantitative estimate of drug-likeness (QED) is 0.659. The normalized spacial score (nSPS) is 15.9. The number of carbonyl (C=O) groups is 1. The fraction of sp³-hybridized carbons (Fsp3) is 0.286. The highest BCUT2D eigenvalue weighted by atomic mass is 35.5. The molecule has 0 spiro atoms. The van der Waals surface area contributed by atoms with E-state index in [1.807, 2.05) is 6.07 Å². The summed E-state index contributed by atoms with van der Waals surface area (Å²) in [6.07, 6.45) is 1.43. The van der Waals surface area contributed by atoms with Crippen molar-refractivity contribution in [1.29, 1.82) is 0 Å². The van der Waals surface area contributed by atoms with Crippen molar-refractivity contribution in [3.63, 3.8) is 0 Å². The second-order valence-corrected chi connectivity index (χ2v) is 7.99. The first-order valence-corrected chi connectivity index (χ1v) is 10.0. The Morgan fingerprint density at radius 3 is 2.59 bits per heavy atom. The monoisotopic (exact) mass is 431 g/mol. The molecule has 1 aliphatic rings. The summed E-state index contributed by atoms with van der Waals surface area (Å²) < 4.78 is 5.54. The van der Waals surface area contributed by atoms with Crippen molar-refractivity contribution in [2.24, 2.45) is 0 Å². The van der Waals surface area contributed by atoms with Crippen molar-refractivity contribution in [3.05, 3.63) is 74.1 Å². The number of ether oxygens (including phenoxy) is 1. The smallest absolute Gasteiger partial charge is 0.272 e. The fourth-order valence-electron chi connectivity index (χ4n) is 3.84. The van der Waals surface area contributed by atoms with Gasteiger partial charge in [-0.3, -0.25) is 9.59 Å². The van der Waals surface area contributed by atoms with Gasteiger partial charge in [0.2, 0.25) is 0 Å². The first-order valence-electron chi connectivity index (χ1n) is 9.29. The number of amides is 1. The van der Waals surface area contributed by atoms with Crippen LogP contribution in [0.5, 0.6) is 0 Å². The summed E-state index contributed by atoms with van der Waals surface area (Å²) in [6, 6.07) is 12.3. The maximum Gasteiger partial charge on any atom is 0.272 e. The van der Waals surface area contributed by atoms with E-state index in [0.717, 1.165) is 5.56 Å². The molecule has 0 unspecified atom stereocenters. The van der Waals surface area contributed by atoms with Crippen molar-refractivity contribution in [3.8, 4) is 0 Å². The van der Waals surface area contributed by atoms with E-state index in [-0.39, 0.29) is 22.6 Å². The van der Waals surface area contributed by atoms with Gasteiger partial charge < -0.3 is 10.1 Å². The number of nitrogens with one attached hydrogen (secondary N) is 2. The molecule has 1 aliphatic heterocycles. The second-order valence-electron chi connectivity index (χ2n) is 7.15. The third kappa shape index (κ3) is 3.88. The lowest BCUT2D eigenvalue weighted by Crippen LogP contribution is -2.45. The SMILES string of the molecule is O=C(NCC1(c2ccc(Cl)cc2Cl)CCOCC1)c1n[nH]c(=O)c2ccccc12. The molecule has 0 saturated carbocycles. The molecule has 0 aliphatic carbocycles. The number of H-pyrrole nitrogens is 1. The minimum absolute atomic E-state index is 0.185. The van der Waals surface area contributed by atoms with Crippen molar-refractivity contribution in [2.75, 3.05) is 19.8 Å². The number of benzene rings is 2. The Bertz CT molecular complexity index is 1120. The van der Waals surface area contributed by atoms with Gasteiger partial charge in [-0.15, -0.1) is 0 Å². The molecule has 4 rings (SSSR count). The lowest BCUT2D eigenvalue weighted by Gasteiger charge is -2.38. The first-order chi connectivity index (χ1) is 14.0. The summed E-state index contributed by atoms with van der Waals surface area (Å²) in [5, 5.41) is 11.4. The number of halogens is 2. The van der Waals surface area contributed by atoms with Gasteiger partial charge in [0.05, 0.1) is 5.39 Å². The minimum Gasteiger partial charge on any atom is -0.381 e. The van der Waals surface area contributed by atoms with Gasteiger partial charge in [0, 0.05) is 40.6 Å². The van der Waals surface area contributed by atoms with Crippen LogP contribution in [-0.2, 0) is 10.2 Å². The topological polar surface area (TPSA) is 84.1 Å². The summed E-state index contributed by atoms with van der Waals surface area (Å²) in [6.45, 7) is 1.52. The zero-order valence-electron chi connectivity index (χ0n) is 15.5. The van der Waals surface area contributed by atoms with Crippen LogP contribution in [0.1, 0.15) is 28.9 Å². The Balaban J connectivity index is 1.64. The van der Waals surface area contributed by atoms with Crippen molar-refractivity contribution < 1.29 is 9.53 Å². The lowest BCUT2D eigenvalue weighted by atomic mass is 9.74. The maximum atomic E-state index is 12.9. The minimum atomic E-state index is -0.367. The average molecular weight is 432 g/mol. The molecule has 1 aromatic heterocycles. The zero-order valence-corrected chi connectivity index (χ0v) is 17.0. The lowest BCUT2D eigenvalue weighted by molar-refractivity contribution is 0.0487. The highest BCUT2D eigenvalue weighted by molar-refractivity contribution is 6.35. The Labute approximate surface area is 177 Å². The predicted molar refractivity (Wildman–Crippen MR) is 113 cm³/mol. The number of aromatic amines is 1. The van der Waals surface area contributed by atoms with Crippen LogP contribution in [0, 0.1) is 0 Å². The van der Waals surface area contributed by atoms with Gasteiger partial charge in [0.15, 0.2) is 5.69 Å². The van der Waals surface area contributed by atoms with Gasteiger partial charge in [-0.05, 0) is 36.6 Å². The van der Waals surface area contributed by atoms with Crippen LogP contribution in [0.4, 0.5) is 0 Å². The van der Waals surface area contributed by atoms with E-state index in [1.165, 1.54) is 0 Å². The molecule has 0 radical (unpaired) electrons. The predicted octanol–water partition coefficient (Wildman–Crippen LogP) is 3.71. The molecule has 0 bridgehead atoms. The Kier molecular flexibility index (Phi) is 5.58. The van der Waals surface area contributed by atoms with E-state index in [2.05, 4.69) is 15.5 Å². The maximum absolute atomic E-state index is 12.9. The molecule has 150 valence electrons. The molecule has 2 N–H and O–H groups in total. The number of aromatic nitrogens is 2. The van der Waals surface area contributed by atoms with Crippen LogP contribution in [-0.4, -0.2) is 35.9 Å². The van der Waals surface area contributed by atoms with Gasteiger partial charge in [-0.2, -0.15) is 5.10 Å². The summed E-state index contributed by atoms with van der Waals surface area (Å²) in [5.41, 5.74) is 0.426. The number of fused-ring (bicyclic) bond motifs is 1. The summed E-state index contributed by atoms with van der Waals surface area (Å²) in [7, 11) is 0. The standard InChI is InChI=1S/C21H19Cl2N3O3/c22-13-5-6-16(17(23)11-13)21(7-9-29-10-8-21)12-24-20(28)18-14-3-1-2-4-15(14)19(27)26-25-18/h1-6,11H,7-10,12H2,(H,24,28)(H,26,27). The number of nitrogens with zero attached hydrogens (tertiary/aromatic N) is 1. The van der Waals surface area contributed by atoms with E-state index >= 15 is 0 Å². The third-order valence-corrected chi connectivity index (χ3v) is 6.00. The molecule has 2 heterocycles.